The number of nitrogens with one attached hydrogen (secondary N) is 1. The summed E-state index contributed by atoms with van der Waals surface area (Å²) in [7, 11) is 0. The lowest BCUT2D eigenvalue weighted by molar-refractivity contribution is -0.131. The number of carbonyl (C=O) groups is 1. The maximum Gasteiger partial charge on any atom is 0.223 e. The Morgan fingerprint density at radius 2 is 1.74 bits per heavy atom. The second-order valence-electron chi connectivity index (χ2n) is 6.67. The molecule has 19 heavy (non-hydrogen) atoms. The molecule has 1 saturated carbocycles. The molecule has 3 heteroatoms. The van der Waals surface area contributed by atoms with E-state index in [1.165, 1.54) is 51.6 Å². The van der Waals surface area contributed by atoms with Crippen molar-refractivity contribution < 1.29 is 4.79 Å². The molecule has 0 atom stereocenters. The Kier molecular flexibility index (Phi) is 3.92. The van der Waals surface area contributed by atoms with Crippen molar-refractivity contribution in [3.63, 3.8) is 0 Å². The molecule has 1 N–H and O–H groups in total. The van der Waals surface area contributed by atoms with Crippen LogP contribution < -0.4 is 5.32 Å². The minimum Gasteiger partial charge on any atom is -0.335 e. The third-order valence-electron chi connectivity index (χ3n) is 5.46. The van der Waals surface area contributed by atoms with E-state index in [1.807, 2.05) is 4.90 Å². The van der Waals surface area contributed by atoms with E-state index in [0.29, 0.717) is 17.2 Å². The smallest absolute Gasteiger partial charge is 0.223 e. The van der Waals surface area contributed by atoms with Crippen LogP contribution in [0, 0.1) is 11.3 Å². The minimum absolute atomic E-state index is 0.372. The van der Waals surface area contributed by atoms with Gasteiger partial charge in [0.1, 0.15) is 0 Å². The van der Waals surface area contributed by atoms with E-state index < -0.39 is 0 Å². The number of piperidine rings is 1. The highest BCUT2D eigenvalue weighted by atomic mass is 16.2. The molecule has 0 aromatic rings. The highest BCUT2D eigenvalue weighted by molar-refractivity contribution is 5.77. The molecule has 0 unspecified atom stereocenters. The van der Waals surface area contributed by atoms with Crippen molar-refractivity contribution in [3.05, 3.63) is 12.2 Å². The van der Waals surface area contributed by atoms with Gasteiger partial charge in [0.05, 0.1) is 0 Å². The van der Waals surface area contributed by atoms with Crippen LogP contribution in [0.2, 0.25) is 0 Å². The predicted molar refractivity (Wildman–Crippen MR) is 76.8 cm³/mol. The first-order valence-corrected chi connectivity index (χ1v) is 7.91. The topological polar surface area (TPSA) is 32.3 Å². The van der Waals surface area contributed by atoms with Gasteiger partial charge in [-0.3, -0.25) is 4.79 Å². The monoisotopic (exact) mass is 262 g/mol. The van der Waals surface area contributed by atoms with Crippen LogP contribution in [0.3, 0.4) is 0 Å². The van der Waals surface area contributed by atoms with E-state index in [0.717, 1.165) is 19.5 Å². The van der Waals surface area contributed by atoms with Crippen molar-refractivity contribution >= 4 is 5.91 Å². The van der Waals surface area contributed by atoms with Crippen LogP contribution in [0.15, 0.2) is 12.2 Å². The van der Waals surface area contributed by atoms with Crippen molar-refractivity contribution in [3.8, 4) is 0 Å². The molecule has 1 spiro atoms. The van der Waals surface area contributed by atoms with Gasteiger partial charge in [0.25, 0.3) is 0 Å². The van der Waals surface area contributed by atoms with Gasteiger partial charge in [-0.2, -0.15) is 0 Å². The van der Waals surface area contributed by atoms with Gasteiger partial charge in [0, 0.05) is 19.5 Å². The molecule has 1 amide bonds. The zero-order valence-electron chi connectivity index (χ0n) is 11.9. The summed E-state index contributed by atoms with van der Waals surface area (Å²) < 4.78 is 0. The molecule has 2 aliphatic heterocycles. The molecule has 1 saturated heterocycles. The first kappa shape index (κ1) is 13.2. The largest absolute Gasteiger partial charge is 0.335 e. The Balaban J connectivity index is 1.46. The van der Waals surface area contributed by atoms with Crippen LogP contribution in [0.25, 0.3) is 0 Å². The van der Waals surface area contributed by atoms with Gasteiger partial charge in [0.15, 0.2) is 0 Å². The molecule has 2 heterocycles. The average Bonchev–Trinajstić information content (AvgIpc) is 2.97. The lowest BCUT2D eigenvalue weighted by Crippen LogP contribution is -2.40. The predicted octanol–water partition coefficient (Wildman–Crippen LogP) is 2.33. The summed E-state index contributed by atoms with van der Waals surface area (Å²) in [5, 5.41) is 3.47. The quantitative estimate of drug-likeness (QED) is 0.775. The molecule has 0 aromatic heterocycles. The molecule has 1 aliphatic carbocycles. The van der Waals surface area contributed by atoms with Gasteiger partial charge < -0.3 is 10.2 Å². The van der Waals surface area contributed by atoms with Crippen LogP contribution >= 0.6 is 0 Å². The van der Waals surface area contributed by atoms with Crippen LogP contribution in [-0.2, 0) is 4.79 Å². The molecule has 0 bridgehead atoms. The number of carbonyl (C=O) groups excluding carboxylic acids is 1. The summed E-state index contributed by atoms with van der Waals surface area (Å²) in [5.41, 5.74) is 0.625. The number of hydrogen-bond acceptors (Lipinski definition) is 2. The molecule has 0 aromatic carbocycles. The van der Waals surface area contributed by atoms with Gasteiger partial charge in [-0.05, 0) is 62.9 Å². The lowest BCUT2D eigenvalue weighted by atomic mass is 9.65. The summed E-state index contributed by atoms with van der Waals surface area (Å²) in [6, 6.07) is 0. The first-order valence-electron chi connectivity index (χ1n) is 7.91. The number of hydrogen-bond donors (Lipinski definition) is 1. The molecule has 106 valence electrons. The zero-order chi connectivity index (χ0) is 13.1. The number of nitrogens with zero attached hydrogens (tertiary/aromatic N) is 1. The molecular formula is C16H26N2O. The SMILES string of the molecule is O=C(CC1CCC2(CCNCC2)CC1)N1CC=CC1. The Morgan fingerprint density at radius 3 is 2.37 bits per heavy atom. The average molecular weight is 262 g/mol. The fourth-order valence-corrected chi connectivity index (χ4v) is 4.01. The van der Waals surface area contributed by atoms with Crippen molar-refractivity contribution in [2.24, 2.45) is 11.3 Å². The summed E-state index contributed by atoms with van der Waals surface area (Å²) in [4.78, 5) is 14.1. The van der Waals surface area contributed by atoms with Crippen molar-refractivity contribution in [1.29, 1.82) is 0 Å². The van der Waals surface area contributed by atoms with Crippen LogP contribution in [-0.4, -0.2) is 37.0 Å². The van der Waals surface area contributed by atoms with Gasteiger partial charge in [-0.15, -0.1) is 0 Å². The standard InChI is InChI=1S/C16H26N2O/c19-15(18-11-1-2-12-18)13-14-3-5-16(6-4-14)7-9-17-10-8-16/h1-2,14,17H,3-13H2. The molecule has 2 fully saturated rings. The lowest BCUT2D eigenvalue weighted by Gasteiger charge is -2.43. The van der Waals surface area contributed by atoms with E-state index in [9.17, 15) is 4.79 Å². The molecule has 0 radical (unpaired) electrons. The Morgan fingerprint density at radius 1 is 1.11 bits per heavy atom. The van der Waals surface area contributed by atoms with Crippen LogP contribution in [0.4, 0.5) is 0 Å². The summed E-state index contributed by atoms with van der Waals surface area (Å²) >= 11 is 0. The first-order chi connectivity index (χ1) is 9.27. The van der Waals surface area contributed by atoms with Gasteiger partial charge >= 0.3 is 0 Å². The Hall–Kier alpha value is -0.830. The number of rotatable bonds is 2. The molecule has 3 aliphatic rings. The fraction of sp³-hybridized carbons (Fsp3) is 0.812. The highest BCUT2D eigenvalue weighted by Crippen LogP contribution is 2.45. The van der Waals surface area contributed by atoms with Crippen molar-refractivity contribution in [2.45, 2.75) is 44.9 Å². The van der Waals surface area contributed by atoms with E-state index in [2.05, 4.69) is 17.5 Å². The van der Waals surface area contributed by atoms with Crippen molar-refractivity contribution in [1.82, 2.24) is 10.2 Å². The van der Waals surface area contributed by atoms with E-state index in [4.69, 9.17) is 0 Å². The van der Waals surface area contributed by atoms with Gasteiger partial charge in [0.2, 0.25) is 5.91 Å². The third-order valence-corrected chi connectivity index (χ3v) is 5.46. The van der Waals surface area contributed by atoms with E-state index in [1.54, 1.807) is 0 Å². The zero-order valence-corrected chi connectivity index (χ0v) is 11.9. The van der Waals surface area contributed by atoms with Crippen LogP contribution in [0.5, 0.6) is 0 Å². The Bertz CT molecular complexity index is 340. The van der Waals surface area contributed by atoms with Crippen LogP contribution in [0.1, 0.15) is 44.9 Å². The maximum absolute atomic E-state index is 12.2. The summed E-state index contributed by atoms with van der Waals surface area (Å²) in [5.74, 6) is 1.02. The number of amides is 1. The molecular weight excluding hydrogens is 236 g/mol. The van der Waals surface area contributed by atoms with Gasteiger partial charge in [-0.1, -0.05) is 12.2 Å². The third kappa shape index (κ3) is 3.02. The van der Waals surface area contributed by atoms with E-state index in [-0.39, 0.29) is 0 Å². The second kappa shape index (κ2) is 5.66. The normalized spacial score (nSPS) is 27.1. The second-order valence-corrected chi connectivity index (χ2v) is 6.67. The summed E-state index contributed by atoms with van der Waals surface area (Å²) in [6.07, 6.45) is 12.9. The van der Waals surface area contributed by atoms with Crippen molar-refractivity contribution in [2.75, 3.05) is 26.2 Å². The van der Waals surface area contributed by atoms with E-state index >= 15 is 0 Å². The molecule has 3 rings (SSSR count). The minimum atomic E-state index is 0.372. The summed E-state index contributed by atoms with van der Waals surface area (Å²) in [6.45, 7) is 4.06. The maximum atomic E-state index is 12.2. The molecule has 3 nitrogen and oxygen atoms in total. The Labute approximate surface area is 116 Å². The fourth-order valence-electron chi connectivity index (χ4n) is 4.01. The van der Waals surface area contributed by atoms with Gasteiger partial charge in [-0.25, -0.2) is 0 Å². The highest BCUT2D eigenvalue weighted by Gasteiger charge is 2.36.